The van der Waals surface area contributed by atoms with Gasteiger partial charge >= 0.3 is 0 Å². The molecule has 5 rings (SSSR count). The number of hydrogen-bond acceptors (Lipinski definition) is 5. The molecule has 29 heavy (non-hydrogen) atoms. The van der Waals surface area contributed by atoms with E-state index >= 15 is 0 Å². The maximum Gasteiger partial charge on any atom is 0.231 e. The van der Waals surface area contributed by atoms with Crippen LogP contribution in [0.3, 0.4) is 0 Å². The van der Waals surface area contributed by atoms with Crippen LogP contribution >= 0.6 is 11.6 Å². The number of imidazole rings is 1. The Labute approximate surface area is 172 Å². The number of halogens is 1. The SMILES string of the molecule is COc1cc2c(cc1-c1nccn1C1CC(=O)N(c3ccc(Cl)cc3)C1)OCO2. The Bertz CT molecular complexity index is 1080. The average molecular weight is 412 g/mol. The number of fused-ring (bicyclic) bond motifs is 1. The van der Waals surface area contributed by atoms with Gasteiger partial charge in [0.05, 0.1) is 18.7 Å². The van der Waals surface area contributed by atoms with E-state index in [1.165, 1.54) is 0 Å². The Morgan fingerprint density at radius 3 is 2.69 bits per heavy atom. The van der Waals surface area contributed by atoms with Gasteiger partial charge in [0.1, 0.15) is 11.6 Å². The molecule has 1 unspecified atom stereocenters. The summed E-state index contributed by atoms with van der Waals surface area (Å²) >= 11 is 5.98. The zero-order valence-corrected chi connectivity index (χ0v) is 16.4. The molecule has 0 saturated carbocycles. The van der Waals surface area contributed by atoms with Crippen LogP contribution in [0, 0.1) is 0 Å². The molecular weight excluding hydrogens is 394 g/mol. The molecule has 1 aromatic heterocycles. The van der Waals surface area contributed by atoms with Gasteiger partial charge in [-0.05, 0) is 30.3 Å². The molecule has 1 saturated heterocycles. The van der Waals surface area contributed by atoms with E-state index in [0.717, 1.165) is 17.1 Å². The molecule has 0 aliphatic carbocycles. The fourth-order valence-corrected chi connectivity index (χ4v) is 3.95. The van der Waals surface area contributed by atoms with Gasteiger partial charge in [0.15, 0.2) is 11.5 Å². The number of methoxy groups -OCH3 is 1. The molecule has 0 bridgehead atoms. The molecule has 2 aliphatic heterocycles. The standard InChI is InChI=1S/C21H18ClN3O4/c1-27-17-10-19-18(28-12-29-19)9-16(17)21-23-6-7-24(21)15-8-20(26)25(11-15)14-4-2-13(22)3-5-14/h2-7,9-10,15H,8,11-12H2,1H3. The topological polar surface area (TPSA) is 65.8 Å². The summed E-state index contributed by atoms with van der Waals surface area (Å²) in [6.45, 7) is 0.736. The van der Waals surface area contributed by atoms with Gasteiger partial charge in [0.2, 0.25) is 12.7 Å². The second-order valence-electron chi connectivity index (χ2n) is 6.90. The zero-order chi connectivity index (χ0) is 20.0. The molecule has 1 fully saturated rings. The van der Waals surface area contributed by atoms with Gasteiger partial charge in [-0.2, -0.15) is 0 Å². The highest BCUT2D eigenvalue weighted by Gasteiger charge is 2.33. The summed E-state index contributed by atoms with van der Waals surface area (Å²) in [5.41, 5.74) is 1.63. The van der Waals surface area contributed by atoms with Gasteiger partial charge in [0.25, 0.3) is 0 Å². The quantitative estimate of drug-likeness (QED) is 0.651. The minimum Gasteiger partial charge on any atom is -0.496 e. The second kappa shape index (κ2) is 7.00. The minimum atomic E-state index is -0.0502. The van der Waals surface area contributed by atoms with E-state index in [4.69, 9.17) is 25.8 Å². The summed E-state index contributed by atoms with van der Waals surface area (Å²) in [6, 6.07) is 10.9. The van der Waals surface area contributed by atoms with Crippen molar-refractivity contribution in [2.45, 2.75) is 12.5 Å². The molecule has 2 aromatic carbocycles. The van der Waals surface area contributed by atoms with E-state index in [-0.39, 0.29) is 18.7 Å². The molecular formula is C21H18ClN3O4. The van der Waals surface area contributed by atoms with E-state index in [1.807, 2.05) is 29.0 Å². The van der Waals surface area contributed by atoms with Crippen LogP contribution in [0.2, 0.25) is 5.02 Å². The number of aromatic nitrogens is 2. The van der Waals surface area contributed by atoms with E-state index in [2.05, 4.69) is 4.98 Å². The molecule has 1 amide bonds. The number of benzene rings is 2. The van der Waals surface area contributed by atoms with Crippen molar-refractivity contribution in [3.05, 3.63) is 53.8 Å². The van der Waals surface area contributed by atoms with Crippen LogP contribution < -0.4 is 19.1 Å². The predicted octanol–water partition coefficient (Wildman–Crippen LogP) is 3.92. The highest BCUT2D eigenvalue weighted by atomic mass is 35.5. The monoisotopic (exact) mass is 411 g/mol. The number of carbonyl (C=O) groups is 1. The number of nitrogens with zero attached hydrogens (tertiary/aromatic N) is 3. The maximum atomic E-state index is 12.7. The highest BCUT2D eigenvalue weighted by molar-refractivity contribution is 6.30. The number of carbonyl (C=O) groups excluding carboxylic acids is 1. The first-order valence-electron chi connectivity index (χ1n) is 9.21. The first-order valence-corrected chi connectivity index (χ1v) is 9.58. The summed E-state index contributed by atoms with van der Waals surface area (Å²) in [7, 11) is 1.61. The summed E-state index contributed by atoms with van der Waals surface area (Å²) in [6.07, 6.45) is 4.01. The summed E-state index contributed by atoms with van der Waals surface area (Å²) in [5, 5.41) is 0.642. The van der Waals surface area contributed by atoms with Gasteiger partial charge < -0.3 is 23.7 Å². The third kappa shape index (κ3) is 3.07. The minimum absolute atomic E-state index is 0.0502. The third-order valence-electron chi connectivity index (χ3n) is 5.24. The molecule has 7 nitrogen and oxygen atoms in total. The fraction of sp³-hybridized carbons (Fsp3) is 0.238. The van der Waals surface area contributed by atoms with Crippen molar-refractivity contribution in [2.75, 3.05) is 25.3 Å². The maximum absolute atomic E-state index is 12.7. The largest absolute Gasteiger partial charge is 0.496 e. The van der Waals surface area contributed by atoms with Crippen molar-refractivity contribution >= 4 is 23.2 Å². The van der Waals surface area contributed by atoms with Gasteiger partial charge in [0, 0.05) is 42.1 Å². The normalized spacial score (nSPS) is 17.8. The molecule has 3 aromatic rings. The summed E-state index contributed by atoms with van der Waals surface area (Å²) in [4.78, 5) is 19.0. The van der Waals surface area contributed by atoms with Gasteiger partial charge in [-0.15, -0.1) is 0 Å². The Kier molecular flexibility index (Phi) is 4.32. The number of amides is 1. The lowest BCUT2D eigenvalue weighted by molar-refractivity contribution is -0.117. The lowest BCUT2D eigenvalue weighted by Gasteiger charge is -2.19. The van der Waals surface area contributed by atoms with E-state index in [9.17, 15) is 4.79 Å². The highest BCUT2D eigenvalue weighted by Crippen LogP contribution is 2.43. The van der Waals surface area contributed by atoms with Crippen LogP contribution in [-0.4, -0.2) is 35.9 Å². The van der Waals surface area contributed by atoms with Crippen molar-refractivity contribution < 1.29 is 19.0 Å². The summed E-state index contributed by atoms with van der Waals surface area (Å²) in [5.74, 6) is 2.72. The first kappa shape index (κ1) is 17.9. The van der Waals surface area contributed by atoms with Crippen LogP contribution in [-0.2, 0) is 4.79 Å². The van der Waals surface area contributed by atoms with Crippen molar-refractivity contribution in [1.29, 1.82) is 0 Å². The van der Waals surface area contributed by atoms with E-state index < -0.39 is 0 Å². The smallest absolute Gasteiger partial charge is 0.231 e. The lowest BCUT2D eigenvalue weighted by Crippen LogP contribution is -2.24. The van der Waals surface area contributed by atoms with Crippen molar-refractivity contribution in [2.24, 2.45) is 0 Å². The van der Waals surface area contributed by atoms with Crippen LogP contribution in [0.15, 0.2) is 48.8 Å². The molecule has 1 atom stereocenters. The zero-order valence-electron chi connectivity index (χ0n) is 15.7. The predicted molar refractivity (Wildman–Crippen MR) is 108 cm³/mol. The Morgan fingerprint density at radius 1 is 1.17 bits per heavy atom. The molecule has 0 spiro atoms. The summed E-state index contributed by atoms with van der Waals surface area (Å²) < 4.78 is 18.5. The van der Waals surface area contributed by atoms with Crippen molar-refractivity contribution in [1.82, 2.24) is 9.55 Å². The number of ether oxygens (including phenoxy) is 3. The van der Waals surface area contributed by atoms with E-state index in [0.29, 0.717) is 35.2 Å². The van der Waals surface area contributed by atoms with Gasteiger partial charge in [-0.1, -0.05) is 11.6 Å². The Morgan fingerprint density at radius 2 is 1.93 bits per heavy atom. The van der Waals surface area contributed by atoms with Crippen LogP contribution in [0.4, 0.5) is 5.69 Å². The van der Waals surface area contributed by atoms with Gasteiger partial charge in [-0.25, -0.2) is 4.98 Å². The Hall–Kier alpha value is -3.19. The molecule has 8 heteroatoms. The van der Waals surface area contributed by atoms with Crippen LogP contribution in [0.1, 0.15) is 12.5 Å². The van der Waals surface area contributed by atoms with Crippen LogP contribution in [0.25, 0.3) is 11.4 Å². The lowest BCUT2D eigenvalue weighted by atomic mass is 10.1. The Balaban J connectivity index is 1.49. The number of anilines is 1. The van der Waals surface area contributed by atoms with E-state index in [1.54, 1.807) is 36.4 Å². The molecule has 3 heterocycles. The molecule has 0 N–H and O–H groups in total. The van der Waals surface area contributed by atoms with Crippen molar-refractivity contribution in [3.63, 3.8) is 0 Å². The van der Waals surface area contributed by atoms with Crippen molar-refractivity contribution in [3.8, 4) is 28.6 Å². The van der Waals surface area contributed by atoms with Crippen LogP contribution in [0.5, 0.6) is 17.2 Å². The first-order chi connectivity index (χ1) is 14.1. The number of hydrogen-bond donors (Lipinski definition) is 0. The molecule has 148 valence electrons. The molecule has 2 aliphatic rings. The molecule has 0 radical (unpaired) electrons. The second-order valence-corrected chi connectivity index (χ2v) is 7.34. The third-order valence-corrected chi connectivity index (χ3v) is 5.49. The number of rotatable bonds is 4. The average Bonchev–Trinajstić information content (AvgIpc) is 3.46. The van der Waals surface area contributed by atoms with Gasteiger partial charge in [-0.3, -0.25) is 4.79 Å². The fourth-order valence-electron chi connectivity index (χ4n) is 3.83.